The molecule has 0 unspecified atom stereocenters. The van der Waals surface area contributed by atoms with E-state index in [1.807, 2.05) is 78.9 Å². The Morgan fingerprint density at radius 3 is 1.36 bits per heavy atom. The van der Waals surface area contributed by atoms with E-state index in [2.05, 4.69) is 72.8 Å². The van der Waals surface area contributed by atoms with Gasteiger partial charge in [-0.25, -0.2) is 24.9 Å². The van der Waals surface area contributed by atoms with Crippen LogP contribution in [0.15, 0.2) is 156 Å². The van der Waals surface area contributed by atoms with Crippen LogP contribution < -0.4 is 0 Å². The minimum absolute atomic E-state index is 0.542. The van der Waals surface area contributed by atoms with Gasteiger partial charge >= 0.3 is 0 Å². The topological polar surface area (TPSA) is 77.6 Å². The maximum atomic E-state index is 6.16. The summed E-state index contributed by atoms with van der Waals surface area (Å²) >= 11 is 0. The van der Waals surface area contributed by atoms with E-state index in [9.17, 15) is 0 Å². The number of benzene rings is 6. The van der Waals surface area contributed by atoms with Gasteiger partial charge in [-0.15, -0.1) is 0 Å². The fourth-order valence-corrected chi connectivity index (χ4v) is 5.92. The van der Waals surface area contributed by atoms with Crippen molar-refractivity contribution in [3.63, 3.8) is 0 Å². The number of furan rings is 1. The van der Waals surface area contributed by atoms with Crippen LogP contribution in [-0.4, -0.2) is 24.9 Å². The molecule has 0 aliphatic carbocycles. The first kappa shape index (κ1) is 26.8. The minimum atomic E-state index is 0.542. The number of rotatable bonds is 5. The van der Waals surface area contributed by atoms with Gasteiger partial charge in [0.1, 0.15) is 11.1 Å². The van der Waals surface area contributed by atoms with Crippen molar-refractivity contribution in [1.82, 2.24) is 24.9 Å². The molecule has 6 nitrogen and oxygen atoms in total. The van der Waals surface area contributed by atoms with Crippen molar-refractivity contribution in [1.29, 1.82) is 0 Å². The van der Waals surface area contributed by atoms with Gasteiger partial charge in [0.25, 0.3) is 0 Å². The molecular formula is C41H25N5O. The minimum Gasteiger partial charge on any atom is -0.436 e. The quantitative estimate of drug-likeness (QED) is 0.195. The van der Waals surface area contributed by atoms with Crippen molar-refractivity contribution in [3.05, 3.63) is 152 Å². The van der Waals surface area contributed by atoms with E-state index >= 15 is 0 Å². The third-order valence-corrected chi connectivity index (χ3v) is 8.38. The summed E-state index contributed by atoms with van der Waals surface area (Å²) in [5.41, 5.74) is 10.9. The number of fused-ring (bicyclic) bond motifs is 4. The monoisotopic (exact) mass is 603 g/mol. The van der Waals surface area contributed by atoms with Crippen LogP contribution in [-0.2, 0) is 0 Å². The van der Waals surface area contributed by atoms with Crippen LogP contribution in [0.25, 0.3) is 89.7 Å². The molecule has 0 N–H and O–H groups in total. The highest BCUT2D eigenvalue weighted by Gasteiger charge is 2.15. The van der Waals surface area contributed by atoms with E-state index in [1.165, 1.54) is 5.56 Å². The normalized spacial score (nSPS) is 11.4. The highest BCUT2D eigenvalue weighted by molar-refractivity contribution is 6.04. The fraction of sp³-hybridized carbons (Fsp3) is 0. The maximum Gasteiger partial charge on any atom is 0.246 e. The molecular weight excluding hydrogens is 578 g/mol. The molecule has 6 aromatic carbocycles. The van der Waals surface area contributed by atoms with Crippen molar-refractivity contribution in [2.24, 2.45) is 0 Å². The summed E-state index contributed by atoms with van der Waals surface area (Å²) in [6, 6.07) is 51.0. The Morgan fingerprint density at radius 2 is 0.766 bits per heavy atom. The zero-order chi connectivity index (χ0) is 31.2. The first-order valence-corrected chi connectivity index (χ1v) is 15.4. The lowest BCUT2D eigenvalue weighted by Crippen LogP contribution is -2.00. The third-order valence-electron chi connectivity index (χ3n) is 8.38. The maximum absolute atomic E-state index is 6.16. The Hall–Kier alpha value is -6.53. The summed E-state index contributed by atoms with van der Waals surface area (Å²) in [5.74, 6) is 1.87. The number of hydrogen-bond acceptors (Lipinski definition) is 6. The highest BCUT2D eigenvalue weighted by Crippen LogP contribution is 2.33. The van der Waals surface area contributed by atoms with Gasteiger partial charge < -0.3 is 4.42 Å². The van der Waals surface area contributed by atoms with Crippen LogP contribution >= 0.6 is 0 Å². The molecule has 0 aliphatic heterocycles. The van der Waals surface area contributed by atoms with Gasteiger partial charge in [-0.1, -0.05) is 127 Å². The molecule has 9 rings (SSSR count). The molecule has 0 fully saturated rings. The molecule has 0 saturated carbocycles. The van der Waals surface area contributed by atoms with Gasteiger partial charge in [0.2, 0.25) is 5.71 Å². The lowest BCUT2D eigenvalue weighted by atomic mass is 10.0. The molecule has 0 aliphatic rings. The summed E-state index contributed by atoms with van der Waals surface area (Å²) < 4.78 is 6.16. The number of para-hydroxylation sites is 2. The molecule has 47 heavy (non-hydrogen) atoms. The van der Waals surface area contributed by atoms with Gasteiger partial charge in [-0.2, -0.15) is 0 Å². The highest BCUT2D eigenvalue weighted by atomic mass is 16.3. The predicted octanol–water partition coefficient (Wildman–Crippen LogP) is 10.0. The lowest BCUT2D eigenvalue weighted by molar-refractivity contribution is 0.655. The van der Waals surface area contributed by atoms with Crippen molar-refractivity contribution in [3.8, 4) is 56.4 Å². The zero-order valence-corrected chi connectivity index (χ0v) is 25.1. The second-order valence-electron chi connectivity index (χ2n) is 11.4. The van der Waals surface area contributed by atoms with Gasteiger partial charge in [0.05, 0.1) is 11.0 Å². The predicted molar refractivity (Wildman–Crippen MR) is 187 cm³/mol. The molecule has 9 aromatic rings. The van der Waals surface area contributed by atoms with Crippen molar-refractivity contribution in [2.75, 3.05) is 0 Å². The average Bonchev–Trinajstić information content (AvgIpc) is 3.51. The molecule has 0 spiro atoms. The SMILES string of the molecule is c1ccc(-c2ccc(-c3nc(-c4ccccc4)nc(-c4ccc(-c5ccc6c(c5)oc5nc7ccccc7nc56)cc4)n3)cc2)cc1. The fourth-order valence-electron chi connectivity index (χ4n) is 5.92. The number of aromatic nitrogens is 5. The Morgan fingerprint density at radius 1 is 0.340 bits per heavy atom. The van der Waals surface area contributed by atoms with E-state index < -0.39 is 0 Å². The standard InChI is InChI=1S/C41H25N5O/c1-3-9-26(10-4-1)27-15-19-30(20-16-27)39-44-38(29-11-5-2-6-12-29)45-40(46-39)31-21-17-28(18-22-31)32-23-24-33-36(25-32)47-41-37(33)42-34-13-7-8-14-35(34)43-41/h1-25H. The summed E-state index contributed by atoms with van der Waals surface area (Å²) in [6.07, 6.45) is 0. The van der Waals surface area contributed by atoms with Crippen LogP contribution in [0.4, 0.5) is 0 Å². The number of hydrogen-bond donors (Lipinski definition) is 0. The van der Waals surface area contributed by atoms with E-state index in [1.54, 1.807) is 0 Å². The van der Waals surface area contributed by atoms with E-state index in [4.69, 9.17) is 29.3 Å². The van der Waals surface area contributed by atoms with Gasteiger partial charge in [-0.05, 0) is 46.5 Å². The molecule has 0 saturated heterocycles. The molecule has 0 atom stereocenters. The Bertz CT molecular complexity index is 2540. The molecule has 3 heterocycles. The molecule has 3 aromatic heterocycles. The van der Waals surface area contributed by atoms with Crippen LogP contribution in [0, 0.1) is 0 Å². The Labute approximate surface area is 270 Å². The summed E-state index contributed by atoms with van der Waals surface area (Å²) in [7, 11) is 0. The lowest BCUT2D eigenvalue weighted by Gasteiger charge is -2.10. The largest absolute Gasteiger partial charge is 0.436 e. The summed E-state index contributed by atoms with van der Waals surface area (Å²) in [4.78, 5) is 24.2. The van der Waals surface area contributed by atoms with Crippen molar-refractivity contribution < 1.29 is 4.42 Å². The Kier molecular flexibility index (Phi) is 6.35. The van der Waals surface area contributed by atoms with Crippen LogP contribution in [0.1, 0.15) is 0 Å². The van der Waals surface area contributed by atoms with Crippen LogP contribution in [0.5, 0.6) is 0 Å². The van der Waals surface area contributed by atoms with Gasteiger partial charge in [0, 0.05) is 22.1 Å². The average molecular weight is 604 g/mol. The first-order chi connectivity index (χ1) is 23.2. The van der Waals surface area contributed by atoms with E-state index in [0.717, 1.165) is 60.9 Å². The van der Waals surface area contributed by atoms with Crippen LogP contribution in [0.2, 0.25) is 0 Å². The van der Waals surface area contributed by atoms with Crippen molar-refractivity contribution >= 4 is 33.2 Å². The summed E-state index contributed by atoms with van der Waals surface area (Å²) in [6.45, 7) is 0. The summed E-state index contributed by atoms with van der Waals surface area (Å²) in [5, 5.41) is 0.946. The Balaban J connectivity index is 1.08. The van der Waals surface area contributed by atoms with E-state index in [0.29, 0.717) is 23.2 Å². The van der Waals surface area contributed by atoms with E-state index in [-0.39, 0.29) is 0 Å². The smallest absolute Gasteiger partial charge is 0.246 e. The second kappa shape index (κ2) is 11.1. The first-order valence-electron chi connectivity index (χ1n) is 15.4. The third kappa shape index (κ3) is 4.98. The van der Waals surface area contributed by atoms with Gasteiger partial charge in [-0.3, -0.25) is 0 Å². The second-order valence-corrected chi connectivity index (χ2v) is 11.4. The molecule has 0 radical (unpaired) electrons. The zero-order valence-electron chi connectivity index (χ0n) is 25.1. The van der Waals surface area contributed by atoms with Crippen LogP contribution in [0.3, 0.4) is 0 Å². The molecule has 6 heteroatoms. The van der Waals surface area contributed by atoms with Crippen molar-refractivity contribution in [2.45, 2.75) is 0 Å². The molecule has 0 bridgehead atoms. The molecule has 220 valence electrons. The molecule has 0 amide bonds. The number of nitrogens with zero attached hydrogens (tertiary/aromatic N) is 5. The van der Waals surface area contributed by atoms with Gasteiger partial charge in [0.15, 0.2) is 17.5 Å².